The standard InChI is InChI=1S/2C18H11N3O2S2.C18H12N2S2/c1-11-9-15(21(22)23)12(2)17-18(11)25-16(20-17)8-5-13-3-6-14(7-4-13)19-10-24;1-11-9-15(21(22)23)12(2)18-17(11)20-16(25-18)8-5-13-3-6-14(7-4-13)19-10-24;1-12-3-4-13(2)18-17(12)20-16(22-18)10-7-14-5-8-15(9-6-14)19-11-21/h2*3-4,6-7,9H,1-2H3;3-6,8-9H,1-2H3. The number of fused-ring (bicyclic) bond motifs is 3. The van der Waals surface area contributed by atoms with Crippen LogP contribution in [0.1, 0.15) is 65.1 Å². The molecule has 12 nitrogen and oxygen atoms in total. The first-order valence-electron chi connectivity index (χ1n) is 21.2. The number of thiazole rings is 3. The smallest absolute Gasteiger partial charge is 0.258 e. The molecule has 0 bridgehead atoms. The van der Waals surface area contributed by atoms with E-state index in [4.69, 9.17) is 0 Å². The number of hydrogen-bond donors (Lipinski definition) is 0. The number of aromatic nitrogens is 3. The van der Waals surface area contributed by atoms with Crippen LogP contribution in [0.15, 0.2) is 112 Å². The van der Waals surface area contributed by atoms with Gasteiger partial charge in [-0.15, -0.1) is 34.0 Å². The molecule has 3 aromatic heterocycles. The van der Waals surface area contributed by atoms with Crippen molar-refractivity contribution < 1.29 is 9.85 Å². The molecule has 0 fully saturated rings. The fourth-order valence-corrected chi connectivity index (χ4v) is 10.1. The van der Waals surface area contributed by atoms with Crippen LogP contribution in [0.2, 0.25) is 0 Å². The molecular weight excluding hydrogens is 1020 g/mol. The van der Waals surface area contributed by atoms with Gasteiger partial charge in [0.15, 0.2) is 15.0 Å². The number of rotatable bonds is 5. The molecule has 0 saturated heterocycles. The third-order valence-electron chi connectivity index (χ3n) is 10.6. The van der Waals surface area contributed by atoms with Gasteiger partial charge >= 0.3 is 0 Å². The first kappa shape index (κ1) is 51.7. The van der Waals surface area contributed by atoms with Crippen LogP contribution >= 0.6 is 70.7 Å². The zero-order valence-electron chi connectivity index (χ0n) is 38.9. The lowest BCUT2D eigenvalue weighted by molar-refractivity contribution is -0.385. The molecular formula is C54H34N8O4S6. The van der Waals surface area contributed by atoms with Crippen LogP contribution in [0.3, 0.4) is 0 Å². The Bertz CT molecular complexity index is 3760. The molecule has 9 aromatic rings. The van der Waals surface area contributed by atoms with E-state index in [-0.39, 0.29) is 21.2 Å². The molecule has 0 spiro atoms. The number of nitro groups is 2. The number of nitro benzene ring substituents is 2. The van der Waals surface area contributed by atoms with Crippen molar-refractivity contribution in [3.63, 3.8) is 0 Å². The Balaban J connectivity index is 0.000000159. The lowest BCUT2D eigenvalue weighted by Gasteiger charge is -2.00. The van der Waals surface area contributed by atoms with Gasteiger partial charge in [0.1, 0.15) is 0 Å². The van der Waals surface area contributed by atoms with Gasteiger partial charge in [-0.1, -0.05) is 29.9 Å². The molecule has 72 heavy (non-hydrogen) atoms. The molecule has 0 amide bonds. The fraction of sp³-hybridized carbons (Fsp3) is 0.111. The van der Waals surface area contributed by atoms with Crippen LogP contribution in [0.4, 0.5) is 28.4 Å². The molecule has 0 saturated carbocycles. The number of thiocarbonyl (C=S) groups is 3. The minimum Gasteiger partial charge on any atom is -0.258 e. The van der Waals surface area contributed by atoms with E-state index in [9.17, 15) is 20.2 Å². The van der Waals surface area contributed by atoms with Gasteiger partial charge in [-0.3, -0.25) is 20.2 Å². The van der Waals surface area contributed by atoms with Gasteiger partial charge in [0.05, 0.1) is 78.6 Å². The Kier molecular flexibility index (Phi) is 17.0. The molecule has 0 aliphatic heterocycles. The van der Waals surface area contributed by atoms with Gasteiger partial charge in [-0.25, -0.2) is 15.0 Å². The SMILES string of the molecule is Cc1c([N+](=O)[O-])cc(C)c2sc(C#Cc3ccc(N=C=S)cc3)nc12.Cc1cc([N+](=O)[O-])c(C)c2sc(C#Cc3ccc(N=C=S)cc3)nc12.Cc1ccc(C)c2sc(C#Cc3ccc(N=C=S)cc3)nc12. The normalized spacial score (nSPS) is 9.97. The predicted molar refractivity (Wildman–Crippen MR) is 302 cm³/mol. The summed E-state index contributed by atoms with van der Waals surface area (Å²) in [6.07, 6.45) is 0. The molecule has 0 atom stereocenters. The van der Waals surface area contributed by atoms with E-state index >= 15 is 0 Å². The van der Waals surface area contributed by atoms with Gasteiger partial charge in [0.2, 0.25) is 0 Å². The van der Waals surface area contributed by atoms with Gasteiger partial charge < -0.3 is 0 Å². The maximum absolute atomic E-state index is 11.2. The minimum absolute atomic E-state index is 0.0875. The fourth-order valence-electron chi connectivity index (χ4n) is 6.87. The number of aryl methyl sites for hydroxylation is 6. The summed E-state index contributed by atoms with van der Waals surface area (Å²) < 4.78 is 2.95. The zero-order chi connectivity index (χ0) is 51.5. The Morgan fingerprint density at radius 1 is 0.431 bits per heavy atom. The van der Waals surface area contributed by atoms with Crippen LogP contribution in [0, 0.1) is 97.3 Å². The third kappa shape index (κ3) is 12.6. The number of isothiocyanates is 3. The lowest BCUT2D eigenvalue weighted by Crippen LogP contribution is -1.93. The lowest BCUT2D eigenvalue weighted by atomic mass is 10.1. The van der Waals surface area contributed by atoms with E-state index in [1.165, 1.54) is 38.5 Å². The summed E-state index contributed by atoms with van der Waals surface area (Å²) >= 11 is 18.2. The number of nitrogens with zero attached hydrogens (tertiary/aromatic N) is 8. The molecule has 3 heterocycles. The van der Waals surface area contributed by atoms with E-state index in [2.05, 4.69) is 144 Å². The number of benzene rings is 6. The van der Waals surface area contributed by atoms with Crippen LogP contribution < -0.4 is 0 Å². The highest BCUT2D eigenvalue weighted by atomic mass is 32.1. The Morgan fingerprint density at radius 3 is 1.18 bits per heavy atom. The first-order valence-corrected chi connectivity index (χ1v) is 24.9. The largest absolute Gasteiger partial charge is 0.274 e. The monoisotopic (exact) mass is 1050 g/mol. The maximum Gasteiger partial charge on any atom is 0.274 e. The van der Waals surface area contributed by atoms with Gasteiger partial charge in [-0.05, 0) is 191 Å². The quantitative estimate of drug-likeness (QED) is 0.0533. The van der Waals surface area contributed by atoms with Crippen LogP contribution in [0.25, 0.3) is 30.6 Å². The summed E-state index contributed by atoms with van der Waals surface area (Å²) in [6, 6.07) is 29.5. The van der Waals surface area contributed by atoms with Crippen molar-refractivity contribution in [2.45, 2.75) is 41.5 Å². The zero-order valence-corrected chi connectivity index (χ0v) is 43.8. The van der Waals surface area contributed by atoms with E-state index in [1.54, 1.807) is 61.6 Å². The van der Waals surface area contributed by atoms with Gasteiger partial charge in [0, 0.05) is 34.4 Å². The summed E-state index contributed by atoms with van der Waals surface area (Å²) in [7, 11) is 0. The van der Waals surface area contributed by atoms with Crippen LogP contribution in [0.5, 0.6) is 0 Å². The average molecular weight is 1050 g/mol. The molecule has 0 N–H and O–H groups in total. The van der Waals surface area contributed by atoms with Crippen molar-refractivity contribution in [2.24, 2.45) is 15.0 Å². The van der Waals surface area contributed by atoms with Gasteiger partial charge in [0.25, 0.3) is 11.4 Å². The maximum atomic E-state index is 11.2. The van der Waals surface area contributed by atoms with Gasteiger partial charge in [-0.2, -0.15) is 15.0 Å². The van der Waals surface area contributed by atoms with Crippen molar-refractivity contribution in [1.82, 2.24) is 15.0 Å². The Morgan fingerprint density at radius 2 is 0.778 bits per heavy atom. The van der Waals surface area contributed by atoms with E-state index in [0.717, 1.165) is 70.3 Å². The summed E-state index contributed by atoms with van der Waals surface area (Å²) in [6.45, 7) is 11.3. The first-order chi connectivity index (χ1) is 34.6. The van der Waals surface area contributed by atoms with Crippen LogP contribution in [-0.2, 0) is 0 Å². The molecule has 6 aromatic carbocycles. The molecule has 0 radical (unpaired) electrons. The molecule has 9 rings (SSSR count). The van der Waals surface area contributed by atoms with Crippen molar-refractivity contribution in [3.8, 4) is 35.5 Å². The molecule has 18 heteroatoms. The van der Waals surface area contributed by atoms with Crippen LogP contribution in [-0.4, -0.2) is 40.3 Å². The van der Waals surface area contributed by atoms with Crippen molar-refractivity contribution in [1.29, 1.82) is 0 Å². The topological polar surface area (TPSA) is 162 Å². The second-order valence-electron chi connectivity index (χ2n) is 15.5. The molecule has 0 unspecified atom stereocenters. The highest BCUT2D eigenvalue weighted by Gasteiger charge is 2.20. The molecule has 0 aliphatic carbocycles. The summed E-state index contributed by atoms with van der Waals surface area (Å²) in [5, 5.41) is 31.4. The third-order valence-corrected chi connectivity index (χ3v) is 14.1. The van der Waals surface area contributed by atoms with E-state index in [1.807, 2.05) is 62.4 Å². The predicted octanol–water partition coefficient (Wildman–Crippen LogP) is 15.0. The highest BCUT2D eigenvalue weighted by molar-refractivity contribution is 7.78. The molecule has 350 valence electrons. The summed E-state index contributed by atoms with van der Waals surface area (Å²) in [4.78, 5) is 46.9. The second-order valence-corrected chi connectivity index (χ2v) is 19.0. The van der Waals surface area contributed by atoms with E-state index in [0.29, 0.717) is 26.7 Å². The number of aliphatic imine (C=N–C) groups is 3. The highest BCUT2D eigenvalue weighted by Crippen LogP contribution is 2.35. The summed E-state index contributed by atoms with van der Waals surface area (Å²) in [5.41, 5.74) is 12.7. The Hall–Kier alpha value is -8.13. The Labute approximate surface area is 441 Å². The van der Waals surface area contributed by atoms with Crippen molar-refractivity contribution in [3.05, 3.63) is 182 Å². The van der Waals surface area contributed by atoms with Crippen molar-refractivity contribution >= 4 is 145 Å². The minimum atomic E-state index is -0.378. The average Bonchev–Trinajstić information content (AvgIpc) is 4.14. The molecule has 0 aliphatic rings. The number of hydrogen-bond acceptors (Lipinski definition) is 16. The van der Waals surface area contributed by atoms with E-state index < -0.39 is 0 Å². The summed E-state index contributed by atoms with van der Waals surface area (Å²) in [5.74, 6) is 18.4. The van der Waals surface area contributed by atoms with Crippen molar-refractivity contribution in [2.75, 3.05) is 0 Å². The second kappa shape index (κ2) is 23.7.